The lowest BCUT2D eigenvalue weighted by Gasteiger charge is -2.21. The Hall–Kier alpha value is -1.52. The van der Waals surface area contributed by atoms with Gasteiger partial charge in [-0.3, -0.25) is 9.48 Å². The first kappa shape index (κ1) is 13.9. The molecule has 0 spiro atoms. The molecule has 0 bridgehead atoms. The number of aromatic nitrogens is 2. The molecule has 2 rings (SSSR count). The highest BCUT2D eigenvalue weighted by Crippen LogP contribution is 2.20. The van der Waals surface area contributed by atoms with E-state index in [0.29, 0.717) is 6.04 Å². The Morgan fingerprint density at radius 1 is 1.32 bits per heavy atom. The van der Waals surface area contributed by atoms with Crippen LogP contribution in [0.3, 0.4) is 0 Å². The van der Waals surface area contributed by atoms with Gasteiger partial charge in [-0.25, -0.2) is 0 Å². The largest absolute Gasteiger partial charge is 0.380 e. The van der Waals surface area contributed by atoms with Crippen molar-refractivity contribution in [1.82, 2.24) is 15.1 Å². The number of carbonyl (C=O) groups excluding carboxylic acids is 1. The van der Waals surface area contributed by atoms with E-state index in [1.807, 2.05) is 12.4 Å². The maximum Gasteiger partial charge on any atom is 0.241 e. The zero-order chi connectivity index (χ0) is 13.5. The third kappa shape index (κ3) is 4.58. The summed E-state index contributed by atoms with van der Waals surface area (Å²) >= 11 is 0. The number of rotatable bonds is 4. The second-order valence-electron chi connectivity index (χ2n) is 5.29. The van der Waals surface area contributed by atoms with Crippen LogP contribution in [0.4, 0.5) is 5.69 Å². The van der Waals surface area contributed by atoms with Crippen molar-refractivity contribution < 1.29 is 4.79 Å². The smallest absolute Gasteiger partial charge is 0.241 e. The van der Waals surface area contributed by atoms with Gasteiger partial charge in [-0.2, -0.15) is 5.10 Å². The van der Waals surface area contributed by atoms with Crippen molar-refractivity contribution in [3.63, 3.8) is 0 Å². The summed E-state index contributed by atoms with van der Waals surface area (Å²) in [5, 5.41) is 10.3. The van der Waals surface area contributed by atoms with Crippen molar-refractivity contribution in [2.24, 2.45) is 0 Å². The molecule has 0 saturated heterocycles. The molecule has 1 aliphatic rings. The first-order chi connectivity index (χ1) is 9.28. The molecule has 0 unspecified atom stereocenters. The van der Waals surface area contributed by atoms with Crippen molar-refractivity contribution >= 4 is 11.6 Å². The van der Waals surface area contributed by atoms with Gasteiger partial charge in [0, 0.05) is 19.3 Å². The number of nitrogens with zero attached hydrogens (tertiary/aromatic N) is 2. The molecule has 1 aromatic heterocycles. The molecule has 19 heavy (non-hydrogen) atoms. The fourth-order valence-corrected chi connectivity index (χ4v) is 2.59. The first-order valence-corrected chi connectivity index (χ1v) is 7.27. The monoisotopic (exact) mass is 264 g/mol. The van der Waals surface area contributed by atoms with Crippen LogP contribution in [0.25, 0.3) is 0 Å². The van der Waals surface area contributed by atoms with Crippen molar-refractivity contribution in [3.8, 4) is 0 Å². The van der Waals surface area contributed by atoms with Gasteiger partial charge in [0.25, 0.3) is 0 Å². The number of nitrogens with one attached hydrogen (secondary N) is 2. The average Bonchev–Trinajstić information content (AvgIpc) is 2.79. The van der Waals surface area contributed by atoms with Crippen LogP contribution in [0.15, 0.2) is 12.4 Å². The minimum Gasteiger partial charge on any atom is -0.380 e. The maximum absolute atomic E-state index is 11.3. The van der Waals surface area contributed by atoms with Gasteiger partial charge in [-0.05, 0) is 12.8 Å². The van der Waals surface area contributed by atoms with Crippen LogP contribution in [0, 0.1) is 0 Å². The lowest BCUT2D eigenvalue weighted by molar-refractivity contribution is -0.121. The van der Waals surface area contributed by atoms with E-state index in [1.54, 1.807) is 11.7 Å². The summed E-state index contributed by atoms with van der Waals surface area (Å²) in [6.07, 6.45) is 12.9. The van der Waals surface area contributed by atoms with Crippen molar-refractivity contribution in [3.05, 3.63) is 12.4 Å². The molecule has 1 heterocycles. The van der Waals surface area contributed by atoms with Gasteiger partial charge in [0.15, 0.2) is 0 Å². The number of hydrogen-bond acceptors (Lipinski definition) is 3. The fourth-order valence-electron chi connectivity index (χ4n) is 2.59. The Morgan fingerprint density at radius 2 is 2.00 bits per heavy atom. The highest BCUT2D eigenvalue weighted by Gasteiger charge is 2.12. The van der Waals surface area contributed by atoms with E-state index in [2.05, 4.69) is 15.7 Å². The molecule has 5 nitrogen and oxygen atoms in total. The molecule has 1 amide bonds. The zero-order valence-electron chi connectivity index (χ0n) is 11.7. The summed E-state index contributed by atoms with van der Waals surface area (Å²) in [5.41, 5.74) is 1.02. The van der Waals surface area contributed by atoms with Gasteiger partial charge >= 0.3 is 0 Å². The molecule has 0 atom stereocenters. The quantitative estimate of drug-likeness (QED) is 0.876. The van der Waals surface area contributed by atoms with E-state index >= 15 is 0 Å². The van der Waals surface area contributed by atoms with E-state index in [-0.39, 0.29) is 12.5 Å². The number of likely N-dealkylation sites (N-methyl/N-ethyl adjacent to an activating group) is 1. The average molecular weight is 264 g/mol. The predicted molar refractivity (Wildman–Crippen MR) is 76.0 cm³/mol. The summed E-state index contributed by atoms with van der Waals surface area (Å²) in [7, 11) is 1.64. The van der Waals surface area contributed by atoms with Crippen LogP contribution in [-0.2, 0) is 11.3 Å². The summed E-state index contributed by atoms with van der Waals surface area (Å²) in [6.45, 7) is 0.281. The maximum atomic E-state index is 11.3. The highest BCUT2D eigenvalue weighted by molar-refractivity contribution is 5.75. The van der Waals surface area contributed by atoms with Crippen molar-refractivity contribution in [1.29, 1.82) is 0 Å². The Labute approximate surface area is 114 Å². The van der Waals surface area contributed by atoms with Gasteiger partial charge in [0.1, 0.15) is 6.54 Å². The minimum absolute atomic E-state index is 0.0272. The predicted octanol–water partition coefficient (Wildman–Crippen LogP) is 2.15. The summed E-state index contributed by atoms with van der Waals surface area (Å²) in [4.78, 5) is 11.3. The molecule has 2 N–H and O–H groups in total. The number of hydrogen-bond donors (Lipinski definition) is 2. The second kappa shape index (κ2) is 7.16. The van der Waals surface area contributed by atoms with E-state index in [4.69, 9.17) is 0 Å². The lowest BCUT2D eigenvalue weighted by Crippen LogP contribution is -2.23. The number of anilines is 1. The highest BCUT2D eigenvalue weighted by atomic mass is 16.1. The van der Waals surface area contributed by atoms with E-state index in [0.717, 1.165) is 5.69 Å². The number of carbonyl (C=O) groups is 1. The SMILES string of the molecule is CNC(=O)Cn1cc(NC2CCCCCCC2)cn1. The normalized spacial score (nSPS) is 17.5. The van der Waals surface area contributed by atoms with Gasteiger partial charge in [0.2, 0.25) is 5.91 Å². The van der Waals surface area contributed by atoms with E-state index in [1.165, 1.54) is 44.9 Å². The van der Waals surface area contributed by atoms with Gasteiger partial charge in [0.05, 0.1) is 11.9 Å². The third-order valence-corrected chi connectivity index (χ3v) is 3.69. The zero-order valence-corrected chi connectivity index (χ0v) is 11.7. The van der Waals surface area contributed by atoms with Crippen LogP contribution in [-0.4, -0.2) is 28.8 Å². The summed E-state index contributed by atoms with van der Waals surface area (Å²) in [5.74, 6) is -0.0272. The fraction of sp³-hybridized carbons (Fsp3) is 0.714. The Morgan fingerprint density at radius 3 is 2.68 bits per heavy atom. The van der Waals surface area contributed by atoms with E-state index < -0.39 is 0 Å². The molecule has 1 aromatic rings. The molecule has 0 radical (unpaired) electrons. The Bertz CT molecular complexity index is 394. The van der Waals surface area contributed by atoms with Crippen molar-refractivity contribution in [2.75, 3.05) is 12.4 Å². The molecule has 1 aliphatic carbocycles. The number of amides is 1. The molecule has 0 aliphatic heterocycles. The summed E-state index contributed by atoms with van der Waals surface area (Å²) < 4.78 is 1.67. The molecule has 0 aromatic carbocycles. The van der Waals surface area contributed by atoms with Crippen LogP contribution in [0.1, 0.15) is 44.9 Å². The van der Waals surface area contributed by atoms with Crippen LogP contribution in [0.5, 0.6) is 0 Å². The molecular formula is C14H24N4O. The van der Waals surface area contributed by atoms with Gasteiger partial charge < -0.3 is 10.6 Å². The van der Waals surface area contributed by atoms with Crippen LogP contribution in [0.2, 0.25) is 0 Å². The summed E-state index contributed by atoms with van der Waals surface area (Å²) in [6, 6.07) is 0.554. The topological polar surface area (TPSA) is 59.0 Å². The van der Waals surface area contributed by atoms with Gasteiger partial charge in [-0.15, -0.1) is 0 Å². The minimum atomic E-state index is -0.0272. The van der Waals surface area contributed by atoms with Gasteiger partial charge in [-0.1, -0.05) is 32.1 Å². The second-order valence-corrected chi connectivity index (χ2v) is 5.29. The third-order valence-electron chi connectivity index (χ3n) is 3.69. The van der Waals surface area contributed by atoms with Crippen LogP contribution < -0.4 is 10.6 Å². The van der Waals surface area contributed by atoms with Crippen molar-refractivity contribution in [2.45, 2.75) is 57.5 Å². The first-order valence-electron chi connectivity index (χ1n) is 7.27. The van der Waals surface area contributed by atoms with Crippen LogP contribution >= 0.6 is 0 Å². The standard InChI is InChI=1S/C14H24N4O/c1-15-14(19)11-18-10-13(9-16-18)17-12-7-5-3-2-4-6-8-12/h9-10,12,17H,2-8,11H2,1H3,(H,15,19). The molecule has 106 valence electrons. The molecular weight excluding hydrogens is 240 g/mol. The lowest BCUT2D eigenvalue weighted by atomic mass is 9.97. The van der Waals surface area contributed by atoms with E-state index in [9.17, 15) is 4.79 Å². The Kier molecular flexibility index (Phi) is 5.24. The Balaban J connectivity index is 1.85. The molecule has 1 fully saturated rings. The molecule has 1 saturated carbocycles. The molecule has 5 heteroatoms.